The largest absolute Gasteiger partial charge is 0.459 e. The third-order valence-electron chi connectivity index (χ3n) is 2.05. The summed E-state index contributed by atoms with van der Waals surface area (Å²) in [6.07, 6.45) is 1.40. The number of hydrogen-bond donors (Lipinski definition) is 2. The van der Waals surface area contributed by atoms with E-state index < -0.39 is 11.9 Å². The van der Waals surface area contributed by atoms with E-state index in [1.807, 2.05) is 6.92 Å². The van der Waals surface area contributed by atoms with Crippen LogP contribution in [-0.4, -0.2) is 24.4 Å². The van der Waals surface area contributed by atoms with Crippen LogP contribution in [0.25, 0.3) is 0 Å². The van der Waals surface area contributed by atoms with E-state index in [1.54, 1.807) is 13.0 Å². The van der Waals surface area contributed by atoms with Crippen molar-refractivity contribution in [1.29, 1.82) is 0 Å². The second kappa shape index (κ2) is 5.89. The second-order valence-electron chi connectivity index (χ2n) is 3.85. The quantitative estimate of drug-likeness (QED) is 0.752. The van der Waals surface area contributed by atoms with Crippen molar-refractivity contribution in [3.63, 3.8) is 0 Å². The van der Waals surface area contributed by atoms with Gasteiger partial charge in [0.1, 0.15) is 6.04 Å². The Labute approximate surface area is 99.9 Å². The van der Waals surface area contributed by atoms with E-state index in [1.165, 1.54) is 12.3 Å². The molecule has 0 saturated carbocycles. The molecule has 0 spiro atoms. The highest BCUT2D eigenvalue weighted by molar-refractivity contribution is 5.95. The van der Waals surface area contributed by atoms with E-state index in [9.17, 15) is 9.59 Å². The molecule has 17 heavy (non-hydrogen) atoms. The molecule has 1 rings (SSSR count). The van der Waals surface area contributed by atoms with Crippen LogP contribution >= 0.6 is 0 Å². The first-order valence-corrected chi connectivity index (χ1v) is 5.27. The summed E-state index contributed by atoms with van der Waals surface area (Å²) in [6, 6.07) is 2.53. The van der Waals surface area contributed by atoms with Gasteiger partial charge in [-0.15, -0.1) is 0 Å². The number of rotatable bonds is 5. The molecule has 0 aliphatic carbocycles. The lowest BCUT2D eigenvalue weighted by molar-refractivity contribution is -0.122. The molecular formula is C12H16N2O3. The van der Waals surface area contributed by atoms with E-state index in [0.717, 1.165) is 5.57 Å². The van der Waals surface area contributed by atoms with Crippen LogP contribution in [0.2, 0.25) is 0 Å². The summed E-state index contributed by atoms with van der Waals surface area (Å²) in [4.78, 5) is 23.1. The van der Waals surface area contributed by atoms with Gasteiger partial charge in [0.05, 0.1) is 6.26 Å². The third kappa shape index (κ3) is 4.14. The summed E-state index contributed by atoms with van der Waals surface area (Å²) >= 11 is 0. The molecule has 0 saturated heterocycles. The van der Waals surface area contributed by atoms with Gasteiger partial charge in [-0.2, -0.15) is 0 Å². The van der Waals surface area contributed by atoms with Gasteiger partial charge in [-0.3, -0.25) is 9.59 Å². The zero-order valence-corrected chi connectivity index (χ0v) is 9.95. The average molecular weight is 236 g/mol. The van der Waals surface area contributed by atoms with Crippen LogP contribution in [-0.2, 0) is 4.79 Å². The van der Waals surface area contributed by atoms with Gasteiger partial charge in [0.15, 0.2) is 5.76 Å². The fourth-order valence-corrected chi connectivity index (χ4v) is 1.13. The molecule has 1 aromatic rings. The van der Waals surface area contributed by atoms with Crippen molar-refractivity contribution in [3.05, 3.63) is 36.3 Å². The summed E-state index contributed by atoms with van der Waals surface area (Å²) in [5.74, 6) is -0.481. The van der Waals surface area contributed by atoms with Gasteiger partial charge < -0.3 is 15.1 Å². The van der Waals surface area contributed by atoms with Crippen molar-refractivity contribution < 1.29 is 14.0 Å². The zero-order chi connectivity index (χ0) is 12.8. The number of nitrogens with one attached hydrogen (secondary N) is 2. The molecule has 0 fully saturated rings. The van der Waals surface area contributed by atoms with Crippen LogP contribution in [0, 0.1) is 0 Å². The van der Waals surface area contributed by atoms with Crippen molar-refractivity contribution in [2.75, 3.05) is 6.54 Å². The molecule has 0 aliphatic heterocycles. The van der Waals surface area contributed by atoms with E-state index in [4.69, 9.17) is 4.42 Å². The predicted molar refractivity (Wildman–Crippen MR) is 63.5 cm³/mol. The van der Waals surface area contributed by atoms with Gasteiger partial charge in [0.25, 0.3) is 5.91 Å². The SMILES string of the molecule is C=C(C)CNC(=O)C(C)NC(=O)c1ccco1. The highest BCUT2D eigenvalue weighted by Gasteiger charge is 2.17. The van der Waals surface area contributed by atoms with Crippen LogP contribution in [0.1, 0.15) is 24.4 Å². The first-order chi connectivity index (χ1) is 8.00. The minimum absolute atomic E-state index is 0.185. The van der Waals surface area contributed by atoms with Crippen LogP contribution < -0.4 is 10.6 Å². The minimum Gasteiger partial charge on any atom is -0.459 e. The molecule has 2 amide bonds. The summed E-state index contributed by atoms with van der Waals surface area (Å²) < 4.78 is 4.92. The maximum atomic E-state index is 11.6. The first kappa shape index (κ1) is 13.0. The van der Waals surface area contributed by atoms with Crippen molar-refractivity contribution in [3.8, 4) is 0 Å². The van der Waals surface area contributed by atoms with Gasteiger partial charge in [-0.25, -0.2) is 0 Å². The lowest BCUT2D eigenvalue weighted by Crippen LogP contribution is -2.45. The zero-order valence-electron chi connectivity index (χ0n) is 9.95. The Morgan fingerprint density at radius 2 is 2.24 bits per heavy atom. The van der Waals surface area contributed by atoms with Gasteiger partial charge in [-0.05, 0) is 26.0 Å². The fraction of sp³-hybridized carbons (Fsp3) is 0.333. The van der Waals surface area contributed by atoms with Crippen molar-refractivity contribution in [2.24, 2.45) is 0 Å². The molecule has 0 aromatic carbocycles. The fourth-order valence-electron chi connectivity index (χ4n) is 1.13. The molecule has 5 heteroatoms. The normalized spacial score (nSPS) is 11.6. The maximum Gasteiger partial charge on any atom is 0.287 e. The summed E-state index contributed by atoms with van der Waals surface area (Å²) in [7, 11) is 0. The van der Waals surface area contributed by atoms with Gasteiger partial charge in [0, 0.05) is 6.54 Å². The number of furan rings is 1. The first-order valence-electron chi connectivity index (χ1n) is 5.27. The monoisotopic (exact) mass is 236 g/mol. The van der Waals surface area contributed by atoms with Gasteiger partial charge >= 0.3 is 0 Å². The Morgan fingerprint density at radius 3 is 2.76 bits per heavy atom. The van der Waals surface area contributed by atoms with Crippen LogP contribution in [0.3, 0.4) is 0 Å². The highest BCUT2D eigenvalue weighted by Crippen LogP contribution is 2.00. The Kier molecular flexibility index (Phi) is 4.51. The Bertz CT molecular complexity index is 409. The Balaban J connectivity index is 2.43. The van der Waals surface area contributed by atoms with E-state index in [2.05, 4.69) is 17.2 Å². The standard InChI is InChI=1S/C12H16N2O3/c1-8(2)7-13-11(15)9(3)14-12(16)10-5-4-6-17-10/h4-6,9H,1,7H2,2-3H3,(H,13,15)(H,14,16). The maximum absolute atomic E-state index is 11.6. The second-order valence-corrected chi connectivity index (χ2v) is 3.85. The van der Waals surface area contributed by atoms with Gasteiger partial charge in [0.2, 0.25) is 5.91 Å². The topological polar surface area (TPSA) is 71.3 Å². The summed E-state index contributed by atoms with van der Waals surface area (Å²) in [5.41, 5.74) is 0.850. The molecule has 5 nitrogen and oxygen atoms in total. The van der Waals surface area contributed by atoms with E-state index in [-0.39, 0.29) is 11.7 Å². The van der Waals surface area contributed by atoms with E-state index >= 15 is 0 Å². The molecule has 1 unspecified atom stereocenters. The lowest BCUT2D eigenvalue weighted by Gasteiger charge is -2.13. The molecule has 0 bridgehead atoms. The molecule has 1 atom stereocenters. The molecule has 0 aliphatic rings. The van der Waals surface area contributed by atoms with Crippen molar-refractivity contribution >= 4 is 11.8 Å². The third-order valence-corrected chi connectivity index (χ3v) is 2.05. The molecule has 2 N–H and O–H groups in total. The summed E-state index contributed by atoms with van der Waals surface area (Å²) in [6.45, 7) is 7.49. The predicted octanol–water partition coefficient (Wildman–Crippen LogP) is 1.09. The minimum atomic E-state index is -0.619. The molecule has 1 heterocycles. The molecular weight excluding hydrogens is 220 g/mol. The smallest absolute Gasteiger partial charge is 0.287 e. The highest BCUT2D eigenvalue weighted by atomic mass is 16.3. The Hall–Kier alpha value is -2.04. The Morgan fingerprint density at radius 1 is 1.53 bits per heavy atom. The molecule has 1 aromatic heterocycles. The van der Waals surface area contributed by atoms with Crippen LogP contribution in [0.5, 0.6) is 0 Å². The number of hydrogen-bond acceptors (Lipinski definition) is 3. The number of carbonyl (C=O) groups excluding carboxylic acids is 2. The number of amides is 2. The van der Waals surface area contributed by atoms with Gasteiger partial charge in [-0.1, -0.05) is 12.2 Å². The number of carbonyl (C=O) groups is 2. The molecule has 92 valence electrons. The van der Waals surface area contributed by atoms with Crippen molar-refractivity contribution in [1.82, 2.24) is 10.6 Å². The van der Waals surface area contributed by atoms with Crippen molar-refractivity contribution in [2.45, 2.75) is 19.9 Å². The summed E-state index contributed by atoms with van der Waals surface area (Å²) in [5, 5.41) is 5.18. The average Bonchev–Trinajstić information content (AvgIpc) is 2.78. The van der Waals surface area contributed by atoms with Crippen LogP contribution in [0.15, 0.2) is 35.0 Å². The van der Waals surface area contributed by atoms with Crippen LogP contribution in [0.4, 0.5) is 0 Å². The molecule has 0 radical (unpaired) electrons. The van der Waals surface area contributed by atoms with E-state index in [0.29, 0.717) is 6.54 Å². The lowest BCUT2D eigenvalue weighted by atomic mass is 10.2.